The molecule has 0 aliphatic heterocycles. The Hall–Kier alpha value is -4.78. The van der Waals surface area contributed by atoms with Gasteiger partial charge in [0.15, 0.2) is 0 Å². The molecule has 192 valence electrons. The molecule has 1 heterocycles. The third kappa shape index (κ3) is 8.43. The summed E-state index contributed by atoms with van der Waals surface area (Å²) in [5, 5.41) is 27.7. The van der Waals surface area contributed by atoms with E-state index in [4.69, 9.17) is 21.4 Å². The van der Waals surface area contributed by atoms with Gasteiger partial charge in [-0.3, -0.25) is 19.7 Å². The quantitative estimate of drug-likeness (QED) is 0.288. The summed E-state index contributed by atoms with van der Waals surface area (Å²) in [5.74, 6) is -2.05. The summed E-state index contributed by atoms with van der Waals surface area (Å²) < 4.78 is 6.16. The van der Waals surface area contributed by atoms with E-state index in [9.17, 15) is 19.2 Å². The van der Waals surface area contributed by atoms with Crippen molar-refractivity contribution in [1.29, 1.82) is 0 Å². The smallest absolute Gasteiger partial charge is 0.411 e. The Morgan fingerprint density at radius 1 is 1.11 bits per heavy atom. The van der Waals surface area contributed by atoms with Crippen molar-refractivity contribution in [3.63, 3.8) is 0 Å². The number of aromatic nitrogens is 4. The van der Waals surface area contributed by atoms with Crippen LogP contribution < -0.4 is 16.0 Å². The molecule has 37 heavy (non-hydrogen) atoms. The number of nitrogens with zero attached hydrogens (tertiary/aromatic N) is 4. The van der Waals surface area contributed by atoms with E-state index in [1.54, 1.807) is 30.3 Å². The second kappa shape index (κ2) is 12.8. The van der Waals surface area contributed by atoms with E-state index in [1.807, 2.05) is 0 Å². The van der Waals surface area contributed by atoms with Crippen molar-refractivity contribution >= 4 is 52.9 Å². The van der Waals surface area contributed by atoms with Crippen molar-refractivity contribution in [3.8, 4) is 5.69 Å². The molecule has 0 saturated carbocycles. The van der Waals surface area contributed by atoms with Crippen LogP contribution in [-0.4, -0.2) is 61.8 Å². The molecule has 1 aromatic heterocycles. The molecular formula is C23H22ClN7O6. The number of amides is 3. The molecule has 0 unspecified atom stereocenters. The molecular weight excluding hydrogens is 506 g/mol. The highest BCUT2D eigenvalue weighted by atomic mass is 35.5. The number of anilines is 2. The van der Waals surface area contributed by atoms with Crippen molar-refractivity contribution in [3.05, 3.63) is 65.5 Å². The van der Waals surface area contributed by atoms with Crippen LogP contribution in [-0.2, 0) is 19.1 Å². The van der Waals surface area contributed by atoms with Gasteiger partial charge in [-0.05, 0) is 65.9 Å². The first-order chi connectivity index (χ1) is 17.7. The van der Waals surface area contributed by atoms with Crippen molar-refractivity contribution < 1.29 is 29.0 Å². The summed E-state index contributed by atoms with van der Waals surface area (Å²) >= 11 is 6.07. The molecule has 3 rings (SSSR count). The molecule has 0 aliphatic carbocycles. The molecule has 3 aromatic rings. The van der Waals surface area contributed by atoms with Crippen LogP contribution in [0.1, 0.15) is 18.9 Å². The predicted octanol–water partition coefficient (Wildman–Crippen LogP) is 2.50. The van der Waals surface area contributed by atoms with Gasteiger partial charge in [-0.2, -0.15) is 4.68 Å². The first kappa shape index (κ1) is 26.8. The Balaban J connectivity index is 1.51. The third-order valence-corrected chi connectivity index (χ3v) is 4.93. The fourth-order valence-electron chi connectivity index (χ4n) is 2.90. The standard InChI is InChI=1S/C23H22ClN7O6/c1-14(22(35)27-17-4-6-18(7-5-17)28-23(36)37-11-10-21(33)34)26-20(32)9-2-15-12-16(24)3-8-19(15)31-13-25-29-30-31/h2-9,12-14H,10-11H2,1H3,(H,26,32)(H,27,35)(H,28,36)(H,33,34)/t14-/m0/s1. The van der Waals surface area contributed by atoms with Crippen LogP contribution in [0.25, 0.3) is 11.8 Å². The van der Waals surface area contributed by atoms with E-state index in [-0.39, 0.29) is 13.0 Å². The van der Waals surface area contributed by atoms with Crippen LogP contribution in [0.3, 0.4) is 0 Å². The molecule has 0 saturated heterocycles. The molecule has 13 nitrogen and oxygen atoms in total. The van der Waals surface area contributed by atoms with Gasteiger partial charge in [0.05, 0.1) is 12.1 Å². The first-order valence-electron chi connectivity index (χ1n) is 10.8. The Labute approximate surface area is 215 Å². The average Bonchev–Trinajstić information content (AvgIpc) is 3.38. The number of carbonyl (C=O) groups excluding carboxylic acids is 3. The highest BCUT2D eigenvalue weighted by Gasteiger charge is 2.15. The zero-order valence-corrected chi connectivity index (χ0v) is 20.2. The van der Waals surface area contributed by atoms with Crippen molar-refractivity contribution in [2.24, 2.45) is 0 Å². The maximum atomic E-state index is 12.5. The van der Waals surface area contributed by atoms with E-state index in [0.29, 0.717) is 27.6 Å². The number of ether oxygens (including phenoxy) is 1. The maximum absolute atomic E-state index is 12.5. The highest BCUT2D eigenvalue weighted by molar-refractivity contribution is 6.30. The summed E-state index contributed by atoms with van der Waals surface area (Å²) in [6, 6.07) is 10.3. The largest absolute Gasteiger partial charge is 0.481 e. The number of carboxylic acids is 1. The Bertz CT molecular complexity index is 1300. The molecule has 4 N–H and O–H groups in total. The van der Waals surface area contributed by atoms with E-state index >= 15 is 0 Å². The minimum atomic E-state index is -1.08. The second-order valence-corrected chi connectivity index (χ2v) is 7.93. The Morgan fingerprint density at radius 3 is 2.46 bits per heavy atom. The number of nitrogens with one attached hydrogen (secondary N) is 3. The first-order valence-corrected chi connectivity index (χ1v) is 11.2. The molecule has 0 radical (unpaired) electrons. The number of aliphatic carboxylic acids is 1. The summed E-state index contributed by atoms with van der Waals surface area (Å²) in [6.07, 6.45) is 3.10. The van der Waals surface area contributed by atoms with Gasteiger partial charge >= 0.3 is 12.1 Å². The molecule has 0 aliphatic rings. The average molecular weight is 528 g/mol. The molecule has 0 spiro atoms. The third-order valence-electron chi connectivity index (χ3n) is 4.70. The number of carboxylic acid groups (broad SMARTS) is 1. The van der Waals surface area contributed by atoms with E-state index in [1.165, 1.54) is 42.2 Å². The van der Waals surface area contributed by atoms with Crippen LogP contribution in [0, 0.1) is 0 Å². The van der Waals surface area contributed by atoms with E-state index in [0.717, 1.165) is 0 Å². The lowest BCUT2D eigenvalue weighted by molar-refractivity contribution is -0.137. The number of benzene rings is 2. The van der Waals surface area contributed by atoms with Gasteiger partial charge in [-0.15, -0.1) is 5.10 Å². The normalized spacial score (nSPS) is 11.5. The monoisotopic (exact) mass is 527 g/mol. The number of hydrogen-bond acceptors (Lipinski definition) is 8. The zero-order valence-electron chi connectivity index (χ0n) is 19.4. The van der Waals surface area contributed by atoms with Gasteiger partial charge in [0.25, 0.3) is 0 Å². The van der Waals surface area contributed by atoms with E-state index < -0.39 is 29.9 Å². The van der Waals surface area contributed by atoms with Crippen LogP contribution in [0.15, 0.2) is 54.9 Å². The van der Waals surface area contributed by atoms with Crippen molar-refractivity contribution in [1.82, 2.24) is 25.5 Å². The van der Waals surface area contributed by atoms with Crippen LogP contribution >= 0.6 is 11.6 Å². The van der Waals surface area contributed by atoms with Gasteiger partial charge in [-0.25, -0.2) is 4.79 Å². The maximum Gasteiger partial charge on any atom is 0.411 e. The molecule has 14 heteroatoms. The van der Waals surface area contributed by atoms with Gasteiger partial charge in [0, 0.05) is 28.0 Å². The van der Waals surface area contributed by atoms with Gasteiger partial charge < -0.3 is 20.5 Å². The SMILES string of the molecule is C[C@H](NC(=O)C=Cc1cc(Cl)ccc1-n1cnnn1)C(=O)Nc1ccc(NC(=O)OCCC(=O)O)cc1. The topological polar surface area (TPSA) is 177 Å². The second-order valence-electron chi connectivity index (χ2n) is 7.49. The zero-order chi connectivity index (χ0) is 26.8. The van der Waals surface area contributed by atoms with Crippen LogP contribution in [0.5, 0.6) is 0 Å². The number of tetrazole rings is 1. The summed E-state index contributed by atoms with van der Waals surface area (Å²) in [6.45, 7) is 1.27. The summed E-state index contributed by atoms with van der Waals surface area (Å²) in [5.41, 5.74) is 2.01. The van der Waals surface area contributed by atoms with Gasteiger partial charge in [0.1, 0.15) is 19.0 Å². The Kier molecular flexibility index (Phi) is 9.27. The minimum absolute atomic E-state index is 0.256. The lowest BCUT2D eigenvalue weighted by Crippen LogP contribution is -2.40. The summed E-state index contributed by atoms with van der Waals surface area (Å²) in [4.78, 5) is 46.9. The summed E-state index contributed by atoms with van der Waals surface area (Å²) in [7, 11) is 0. The van der Waals surface area contributed by atoms with Crippen LogP contribution in [0.4, 0.5) is 16.2 Å². The minimum Gasteiger partial charge on any atom is -0.481 e. The van der Waals surface area contributed by atoms with Gasteiger partial charge in [0.2, 0.25) is 11.8 Å². The fourth-order valence-corrected chi connectivity index (χ4v) is 3.08. The molecule has 3 amide bonds. The molecule has 2 aromatic carbocycles. The lowest BCUT2D eigenvalue weighted by atomic mass is 10.1. The molecule has 0 fully saturated rings. The van der Waals surface area contributed by atoms with Crippen LogP contribution in [0.2, 0.25) is 5.02 Å². The number of carbonyl (C=O) groups is 4. The fraction of sp³-hybridized carbons (Fsp3) is 0.174. The Morgan fingerprint density at radius 2 is 1.81 bits per heavy atom. The van der Waals surface area contributed by atoms with Gasteiger partial charge in [-0.1, -0.05) is 11.6 Å². The predicted molar refractivity (Wildman–Crippen MR) is 133 cm³/mol. The lowest BCUT2D eigenvalue weighted by Gasteiger charge is -2.13. The molecule has 0 bridgehead atoms. The highest BCUT2D eigenvalue weighted by Crippen LogP contribution is 2.20. The number of hydrogen-bond donors (Lipinski definition) is 4. The molecule has 1 atom stereocenters. The van der Waals surface area contributed by atoms with Crippen molar-refractivity contribution in [2.45, 2.75) is 19.4 Å². The van der Waals surface area contributed by atoms with Crippen molar-refractivity contribution in [2.75, 3.05) is 17.2 Å². The number of halogens is 1. The van der Waals surface area contributed by atoms with E-state index in [2.05, 4.69) is 31.5 Å². The number of rotatable bonds is 10.